The van der Waals surface area contributed by atoms with Crippen LogP contribution >= 0.6 is 0 Å². The van der Waals surface area contributed by atoms with E-state index in [1.165, 1.54) is 0 Å². The third kappa shape index (κ3) is 4.27. The summed E-state index contributed by atoms with van der Waals surface area (Å²) in [6, 6.07) is 7.41. The van der Waals surface area contributed by atoms with Crippen LogP contribution in [0.5, 0.6) is 0 Å². The maximum absolute atomic E-state index is 12.1. The molecule has 1 saturated heterocycles. The number of hydrogen-bond acceptors (Lipinski definition) is 4. The molecule has 2 rings (SSSR count). The van der Waals surface area contributed by atoms with E-state index in [0.29, 0.717) is 18.7 Å². The van der Waals surface area contributed by atoms with E-state index < -0.39 is 0 Å². The molecule has 21 heavy (non-hydrogen) atoms. The minimum absolute atomic E-state index is 0.0335. The molecular formula is C16H25N3O2. The molecular weight excluding hydrogens is 266 g/mol. The summed E-state index contributed by atoms with van der Waals surface area (Å²) < 4.78 is 5.49. The van der Waals surface area contributed by atoms with E-state index in [-0.39, 0.29) is 11.4 Å². The number of rotatable bonds is 5. The number of morpholine rings is 1. The zero-order valence-corrected chi connectivity index (χ0v) is 12.9. The smallest absolute Gasteiger partial charge is 0.251 e. The van der Waals surface area contributed by atoms with Crippen LogP contribution < -0.4 is 11.1 Å². The minimum Gasteiger partial charge on any atom is -0.378 e. The van der Waals surface area contributed by atoms with Crippen LogP contribution in [-0.2, 0) is 11.3 Å². The molecule has 5 heteroatoms. The Hall–Kier alpha value is -1.43. The number of benzene rings is 1. The van der Waals surface area contributed by atoms with Gasteiger partial charge in [-0.25, -0.2) is 0 Å². The molecule has 0 saturated carbocycles. The lowest BCUT2D eigenvalue weighted by atomic mass is 10.0. The van der Waals surface area contributed by atoms with Crippen molar-refractivity contribution >= 4 is 5.91 Å². The van der Waals surface area contributed by atoms with Crippen molar-refractivity contribution in [2.24, 2.45) is 5.73 Å². The van der Waals surface area contributed by atoms with Gasteiger partial charge in [-0.15, -0.1) is 0 Å². The van der Waals surface area contributed by atoms with Crippen molar-refractivity contribution in [3.63, 3.8) is 0 Å². The quantitative estimate of drug-likeness (QED) is 0.849. The molecule has 116 valence electrons. The molecule has 5 nitrogen and oxygen atoms in total. The molecule has 0 radical (unpaired) electrons. The van der Waals surface area contributed by atoms with E-state index in [1.807, 2.05) is 24.3 Å². The van der Waals surface area contributed by atoms with Gasteiger partial charge in [0.2, 0.25) is 0 Å². The SMILES string of the molecule is CC1(C)COCCN1CCNC(=O)c1ccc(CN)cc1. The fraction of sp³-hybridized carbons (Fsp3) is 0.562. The lowest BCUT2D eigenvalue weighted by Crippen LogP contribution is -2.54. The standard InChI is InChI=1S/C16H25N3O2/c1-16(2)12-21-10-9-19(16)8-7-18-15(20)14-5-3-13(11-17)4-6-14/h3-6H,7-12,17H2,1-2H3,(H,18,20). The molecule has 1 fully saturated rings. The Kier molecular flexibility index (Phi) is 5.33. The second-order valence-corrected chi connectivity index (χ2v) is 6.01. The van der Waals surface area contributed by atoms with E-state index in [0.717, 1.165) is 31.9 Å². The van der Waals surface area contributed by atoms with Gasteiger partial charge in [0.25, 0.3) is 5.91 Å². The molecule has 0 unspecified atom stereocenters. The number of nitrogens with two attached hydrogens (primary N) is 1. The third-order valence-electron chi connectivity index (χ3n) is 3.94. The van der Waals surface area contributed by atoms with Crippen molar-refractivity contribution in [3.05, 3.63) is 35.4 Å². The van der Waals surface area contributed by atoms with Gasteiger partial charge in [0.05, 0.1) is 13.2 Å². The van der Waals surface area contributed by atoms with Crippen molar-refractivity contribution < 1.29 is 9.53 Å². The number of carbonyl (C=O) groups excluding carboxylic acids is 1. The van der Waals surface area contributed by atoms with E-state index >= 15 is 0 Å². The summed E-state index contributed by atoms with van der Waals surface area (Å²) in [5.41, 5.74) is 7.29. The Morgan fingerprint density at radius 3 is 2.71 bits per heavy atom. The zero-order chi connectivity index (χ0) is 15.3. The molecule has 0 aromatic heterocycles. The summed E-state index contributed by atoms with van der Waals surface area (Å²) in [6.07, 6.45) is 0. The Balaban J connectivity index is 1.80. The van der Waals surface area contributed by atoms with Crippen LogP contribution in [-0.4, -0.2) is 49.2 Å². The molecule has 0 spiro atoms. The second kappa shape index (κ2) is 7.02. The van der Waals surface area contributed by atoms with E-state index in [4.69, 9.17) is 10.5 Å². The van der Waals surface area contributed by atoms with E-state index in [2.05, 4.69) is 24.1 Å². The molecule has 1 aromatic carbocycles. The summed E-state index contributed by atoms with van der Waals surface area (Å²) in [7, 11) is 0. The number of nitrogens with zero attached hydrogens (tertiary/aromatic N) is 1. The average Bonchev–Trinajstić information content (AvgIpc) is 2.48. The van der Waals surface area contributed by atoms with Crippen LogP contribution in [0, 0.1) is 0 Å². The second-order valence-electron chi connectivity index (χ2n) is 6.01. The molecule has 1 heterocycles. The number of hydrogen-bond donors (Lipinski definition) is 2. The van der Waals surface area contributed by atoms with Crippen LogP contribution in [0.4, 0.5) is 0 Å². The predicted octanol–water partition coefficient (Wildman–Crippen LogP) is 0.986. The van der Waals surface area contributed by atoms with Crippen molar-refractivity contribution in [3.8, 4) is 0 Å². The van der Waals surface area contributed by atoms with Gasteiger partial charge >= 0.3 is 0 Å². The largest absolute Gasteiger partial charge is 0.378 e. The highest BCUT2D eigenvalue weighted by atomic mass is 16.5. The van der Waals surface area contributed by atoms with Crippen LogP contribution in [0.3, 0.4) is 0 Å². The fourth-order valence-corrected chi connectivity index (χ4v) is 2.50. The molecule has 1 aliphatic heterocycles. The van der Waals surface area contributed by atoms with Crippen molar-refractivity contribution in [1.29, 1.82) is 0 Å². The molecule has 0 atom stereocenters. The average molecular weight is 291 g/mol. The van der Waals surface area contributed by atoms with Crippen LogP contribution in [0.25, 0.3) is 0 Å². The number of ether oxygens (including phenoxy) is 1. The number of nitrogens with one attached hydrogen (secondary N) is 1. The first-order valence-electron chi connectivity index (χ1n) is 7.43. The minimum atomic E-state index is -0.0374. The monoisotopic (exact) mass is 291 g/mol. The van der Waals surface area contributed by atoms with Crippen LogP contribution in [0.1, 0.15) is 29.8 Å². The highest BCUT2D eigenvalue weighted by molar-refractivity contribution is 5.94. The number of carbonyl (C=O) groups is 1. The van der Waals surface area contributed by atoms with Gasteiger partial charge in [-0.2, -0.15) is 0 Å². The van der Waals surface area contributed by atoms with Gasteiger partial charge in [0.15, 0.2) is 0 Å². The molecule has 1 amide bonds. The summed E-state index contributed by atoms with van der Waals surface area (Å²) in [5.74, 6) is -0.0374. The molecule has 0 aliphatic carbocycles. The van der Waals surface area contributed by atoms with Gasteiger partial charge in [-0.1, -0.05) is 12.1 Å². The first-order chi connectivity index (χ1) is 10.0. The lowest BCUT2D eigenvalue weighted by molar-refractivity contribution is -0.0498. The maximum Gasteiger partial charge on any atom is 0.251 e. The van der Waals surface area contributed by atoms with Crippen molar-refractivity contribution in [2.75, 3.05) is 32.8 Å². The summed E-state index contributed by atoms with van der Waals surface area (Å²) in [5, 5.41) is 2.97. The molecule has 1 aromatic rings. The van der Waals surface area contributed by atoms with Gasteiger partial charge in [-0.05, 0) is 31.5 Å². The maximum atomic E-state index is 12.1. The first kappa shape index (κ1) is 15.9. The fourth-order valence-electron chi connectivity index (χ4n) is 2.50. The summed E-state index contributed by atoms with van der Waals surface area (Å²) in [6.45, 7) is 8.71. The number of amides is 1. The molecule has 0 bridgehead atoms. The van der Waals surface area contributed by atoms with Gasteiger partial charge in [0.1, 0.15) is 0 Å². The molecule has 3 N–H and O–H groups in total. The van der Waals surface area contributed by atoms with Gasteiger partial charge in [-0.3, -0.25) is 9.69 Å². The van der Waals surface area contributed by atoms with Crippen LogP contribution in [0.2, 0.25) is 0 Å². The first-order valence-corrected chi connectivity index (χ1v) is 7.43. The highest BCUT2D eigenvalue weighted by Gasteiger charge is 2.29. The van der Waals surface area contributed by atoms with Crippen LogP contribution in [0.15, 0.2) is 24.3 Å². The van der Waals surface area contributed by atoms with Gasteiger partial charge in [0, 0.05) is 37.3 Å². The Morgan fingerprint density at radius 1 is 1.38 bits per heavy atom. The summed E-state index contributed by atoms with van der Waals surface area (Å²) >= 11 is 0. The summed E-state index contributed by atoms with van der Waals surface area (Å²) in [4.78, 5) is 14.4. The predicted molar refractivity (Wildman–Crippen MR) is 83.1 cm³/mol. The third-order valence-corrected chi connectivity index (χ3v) is 3.94. The van der Waals surface area contributed by atoms with Gasteiger partial charge < -0.3 is 15.8 Å². The topological polar surface area (TPSA) is 67.6 Å². The Morgan fingerprint density at radius 2 is 2.10 bits per heavy atom. The van der Waals surface area contributed by atoms with Crippen molar-refractivity contribution in [1.82, 2.24) is 10.2 Å². The van der Waals surface area contributed by atoms with E-state index in [1.54, 1.807) is 0 Å². The Labute approximate surface area is 126 Å². The normalized spacial score (nSPS) is 18.4. The van der Waals surface area contributed by atoms with Crippen molar-refractivity contribution in [2.45, 2.75) is 25.9 Å². The van der Waals surface area contributed by atoms with E-state index in [9.17, 15) is 4.79 Å². The molecule has 1 aliphatic rings. The Bertz CT molecular complexity index is 471. The lowest BCUT2D eigenvalue weighted by Gasteiger charge is -2.42. The highest BCUT2D eigenvalue weighted by Crippen LogP contribution is 2.17. The zero-order valence-electron chi connectivity index (χ0n) is 12.9.